The lowest BCUT2D eigenvalue weighted by Gasteiger charge is -2.21. The minimum absolute atomic E-state index is 0.245. The van der Waals surface area contributed by atoms with E-state index in [0.717, 1.165) is 28.4 Å². The Balaban J connectivity index is 1.35. The van der Waals surface area contributed by atoms with Gasteiger partial charge in [0.25, 0.3) is 5.91 Å². The van der Waals surface area contributed by atoms with E-state index in [2.05, 4.69) is 25.8 Å². The van der Waals surface area contributed by atoms with Crippen LogP contribution in [0.25, 0.3) is 10.6 Å². The van der Waals surface area contributed by atoms with Gasteiger partial charge in [-0.25, -0.2) is 4.68 Å². The van der Waals surface area contributed by atoms with Gasteiger partial charge in [-0.1, -0.05) is 46.9 Å². The van der Waals surface area contributed by atoms with Gasteiger partial charge in [-0.2, -0.15) is 0 Å². The van der Waals surface area contributed by atoms with Gasteiger partial charge in [-0.3, -0.25) is 4.79 Å². The van der Waals surface area contributed by atoms with E-state index in [1.165, 1.54) is 11.3 Å². The molecule has 0 radical (unpaired) electrons. The molecule has 134 valence electrons. The number of nitrogens with zero attached hydrogens (tertiary/aromatic N) is 5. The van der Waals surface area contributed by atoms with Crippen LogP contribution in [-0.2, 0) is 11.3 Å². The summed E-state index contributed by atoms with van der Waals surface area (Å²) in [5, 5.41) is 20.8. The Morgan fingerprint density at radius 3 is 2.81 bits per heavy atom. The van der Waals surface area contributed by atoms with Crippen LogP contribution in [-0.4, -0.2) is 44.3 Å². The molecule has 3 aromatic rings. The van der Waals surface area contributed by atoms with Crippen LogP contribution in [0.3, 0.4) is 0 Å². The van der Waals surface area contributed by atoms with Crippen LogP contribution in [0.5, 0.6) is 0 Å². The zero-order valence-corrected chi connectivity index (χ0v) is 14.9. The Hall–Kier alpha value is -2.65. The number of carbonyl (C=O) groups is 1. The molecule has 1 aliphatic rings. The second-order valence-electron chi connectivity index (χ2n) is 5.98. The van der Waals surface area contributed by atoms with Crippen molar-refractivity contribution in [1.29, 1.82) is 0 Å². The predicted molar refractivity (Wildman–Crippen MR) is 95.6 cm³/mol. The molecule has 8 nitrogen and oxygen atoms in total. The highest BCUT2D eigenvalue weighted by Crippen LogP contribution is 2.23. The van der Waals surface area contributed by atoms with Crippen molar-refractivity contribution in [2.45, 2.75) is 25.4 Å². The summed E-state index contributed by atoms with van der Waals surface area (Å²) in [6, 6.07) is 10.1. The fourth-order valence-electron chi connectivity index (χ4n) is 2.78. The number of benzene rings is 1. The molecule has 26 heavy (non-hydrogen) atoms. The third-order valence-electron chi connectivity index (χ3n) is 4.20. The molecule has 2 aromatic heterocycles. The molecule has 0 bridgehead atoms. The fourth-order valence-corrected chi connectivity index (χ4v) is 3.56. The summed E-state index contributed by atoms with van der Waals surface area (Å²) in [6.07, 6.45) is 3.47. The molecule has 1 amide bonds. The molecule has 1 aromatic carbocycles. The average Bonchev–Trinajstić information content (AvgIpc) is 3.37. The van der Waals surface area contributed by atoms with Crippen molar-refractivity contribution in [3.8, 4) is 10.6 Å². The maximum absolute atomic E-state index is 12.3. The topological polar surface area (TPSA) is 94.8 Å². The lowest BCUT2D eigenvalue weighted by atomic mass is 10.1. The van der Waals surface area contributed by atoms with Crippen LogP contribution in [0.15, 0.2) is 36.5 Å². The number of aromatic nitrogens is 5. The van der Waals surface area contributed by atoms with Crippen LogP contribution in [0.2, 0.25) is 0 Å². The van der Waals surface area contributed by atoms with Gasteiger partial charge < -0.3 is 10.1 Å². The van der Waals surface area contributed by atoms with Gasteiger partial charge >= 0.3 is 0 Å². The van der Waals surface area contributed by atoms with Crippen LogP contribution in [0.1, 0.15) is 34.4 Å². The van der Waals surface area contributed by atoms with E-state index in [1.54, 1.807) is 10.9 Å². The highest BCUT2D eigenvalue weighted by atomic mass is 32.1. The molecule has 0 atom stereocenters. The van der Waals surface area contributed by atoms with E-state index in [0.29, 0.717) is 25.5 Å². The highest BCUT2D eigenvalue weighted by molar-refractivity contribution is 7.14. The summed E-state index contributed by atoms with van der Waals surface area (Å²) < 4.78 is 7.10. The molecule has 0 saturated carbocycles. The maximum Gasteiger partial charge on any atom is 0.273 e. The first-order valence-corrected chi connectivity index (χ1v) is 9.27. The molecule has 1 fully saturated rings. The zero-order valence-electron chi connectivity index (χ0n) is 14.0. The van der Waals surface area contributed by atoms with Crippen molar-refractivity contribution in [2.75, 3.05) is 13.2 Å². The van der Waals surface area contributed by atoms with Gasteiger partial charge in [-0.05, 0) is 12.8 Å². The van der Waals surface area contributed by atoms with E-state index in [4.69, 9.17) is 4.74 Å². The van der Waals surface area contributed by atoms with Crippen LogP contribution in [0, 0.1) is 0 Å². The quantitative estimate of drug-likeness (QED) is 0.739. The van der Waals surface area contributed by atoms with Crippen molar-refractivity contribution in [2.24, 2.45) is 0 Å². The van der Waals surface area contributed by atoms with Crippen molar-refractivity contribution < 1.29 is 9.53 Å². The lowest BCUT2D eigenvalue weighted by molar-refractivity contribution is 0.0657. The summed E-state index contributed by atoms with van der Waals surface area (Å²) in [4.78, 5) is 12.3. The third kappa shape index (κ3) is 3.78. The lowest BCUT2D eigenvalue weighted by Crippen LogP contribution is -2.23. The molecule has 0 aliphatic carbocycles. The first-order chi connectivity index (χ1) is 12.8. The molecule has 9 heteroatoms. The Labute approximate surface area is 154 Å². The summed E-state index contributed by atoms with van der Waals surface area (Å²) >= 11 is 1.46. The molecular weight excluding hydrogens is 352 g/mol. The first kappa shape index (κ1) is 16.8. The van der Waals surface area contributed by atoms with Gasteiger partial charge in [0.1, 0.15) is 10.0 Å². The number of amides is 1. The number of nitrogens with one attached hydrogen (secondary N) is 1. The minimum Gasteiger partial charge on any atom is -0.381 e. The number of ether oxygens (including phenoxy) is 1. The minimum atomic E-state index is -0.264. The molecule has 0 spiro atoms. The van der Waals surface area contributed by atoms with E-state index in [9.17, 15) is 4.79 Å². The molecule has 1 aliphatic heterocycles. The molecule has 3 heterocycles. The monoisotopic (exact) mass is 370 g/mol. The number of carbonyl (C=O) groups excluding carboxylic acids is 1. The number of rotatable bonds is 5. The van der Waals surface area contributed by atoms with E-state index in [-0.39, 0.29) is 11.9 Å². The molecular formula is C17H18N6O2S. The van der Waals surface area contributed by atoms with E-state index in [1.807, 2.05) is 30.3 Å². The number of hydrogen-bond acceptors (Lipinski definition) is 7. The first-order valence-electron chi connectivity index (χ1n) is 8.45. The Bertz CT molecular complexity index is 872. The van der Waals surface area contributed by atoms with Crippen molar-refractivity contribution >= 4 is 17.2 Å². The smallest absolute Gasteiger partial charge is 0.273 e. The van der Waals surface area contributed by atoms with Gasteiger partial charge in [0, 0.05) is 18.8 Å². The number of hydrogen-bond donors (Lipinski definition) is 1. The normalized spacial score (nSPS) is 15.1. The summed E-state index contributed by atoms with van der Waals surface area (Å²) in [5.41, 5.74) is 1.33. The van der Waals surface area contributed by atoms with Crippen molar-refractivity contribution in [3.63, 3.8) is 0 Å². The molecule has 4 rings (SSSR count). The summed E-state index contributed by atoms with van der Waals surface area (Å²) in [7, 11) is 0. The van der Waals surface area contributed by atoms with Crippen molar-refractivity contribution in [3.05, 3.63) is 47.2 Å². The Kier molecular flexibility index (Phi) is 4.98. The van der Waals surface area contributed by atoms with Gasteiger partial charge in [0.15, 0.2) is 5.69 Å². The molecule has 1 saturated heterocycles. The van der Waals surface area contributed by atoms with E-state index < -0.39 is 0 Å². The van der Waals surface area contributed by atoms with Crippen LogP contribution >= 0.6 is 11.3 Å². The second kappa shape index (κ2) is 7.71. The fraction of sp³-hybridized carbons (Fsp3) is 0.353. The van der Waals surface area contributed by atoms with E-state index >= 15 is 0 Å². The second-order valence-corrected chi connectivity index (χ2v) is 7.04. The molecule has 0 unspecified atom stereocenters. The average molecular weight is 370 g/mol. The zero-order chi connectivity index (χ0) is 17.8. The van der Waals surface area contributed by atoms with Gasteiger partial charge in [0.05, 0.1) is 18.8 Å². The Morgan fingerprint density at radius 1 is 1.19 bits per heavy atom. The largest absolute Gasteiger partial charge is 0.381 e. The summed E-state index contributed by atoms with van der Waals surface area (Å²) in [5.74, 6) is -0.264. The third-order valence-corrected chi connectivity index (χ3v) is 5.17. The van der Waals surface area contributed by atoms with Crippen molar-refractivity contribution in [1.82, 2.24) is 30.5 Å². The van der Waals surface area contributed by atoms with Crippen LogP contribution in [0.4, 0.5) is 0 Å². The summed E-state index contributed by atoms with van der Waals surface area (Å²) in [6.45, 7) is 1.74. The highest BCUT2D eigenvalue weighted by Gasteiger charge is 2.19. The standard InChI is InChI=1S/C17H18N6O2S/c24-16(14-11-23(22-19-14)13-6-8-25-9-7-13)18-10-15-20-21-17(26-15)12-4-2-1-3-5-12/h1-5,11,13H,6-10H2,(H,18,24). The molecule has 1 N–H and O–H groups in total. The Morgan fingerprint density at radius 2 is 2.00 bits per heavy atom. The van der Waals surface area contributed by atoms with Gasteiger partial charge in [-0.15, -0.1) is 15.3 Å². The van der Waals surface area contributed by atoms with Crippen LogP contribution < -0.4 is 5.32 Å². The maximum atomic E-state index is 12.3. The predicted octanol–water partition coefficient (Wildman–Crippen LogP) is 2.08. The van der Waals surface area contributed by atoms with Gasteiger partial charge in [0.2, 0.25) is 0 Å². The SMILES string of the molecule is O=C(NCc1nnc(-c2ccccc2)s1)c1cn(C2CCOCC2)nn1.